The summed E-state index contributed by atoms with van der Waals surface area (Å²) < 4.78 is 0. The maximum absolute atomic E-state index is 12.5. The molecule has 1 aromatic heterocycles. The van der Waals surface area contributed by atoms with Crippen molar-refractivity contribution in [1.82, 2.24) is 4.90 Å². The highest BCUT2D eigenvalue weighted by Gasteiger charge is 2.35. The van der Waals surface area contributed by atoms with Crippen molar-refractivity contribution < 1.29 is 4.79 Å². The first-order valence-electron chi connectivity index (χ1n) is 6.72. The van der Waals surface area contributed by atoms with Gasteiger partial charge < -0.3 is 10.6 Å². The standard InChI is InChI=1S/C14H22N2OS/c1-3-10(2)13(15)14(17)16(11-6-7-11)9-12-5-4-8-18-12/h4-5,8,10-11,13H,3,6-7,9,15H2,1-2H3/t10?,13-/m0/s1. The van der Waals surface area contributed by atoms with Gasteiger partial charge in [0, 0.05) is 10.9 Å². The van der Waals surface area contributed by atoms with Crippen LogP contribution in [-0.2, 0) is 11.3 Å². The fraction of sp³-hybridized carbons (Fsp3) is 0.643. The van der Waals surface area contributed by atoms with Gasteiger partial charge in [0.15, 0.2) is 0 Å². The van der Waals surface area contributed by atoms with E-state index >= 15 is 0 Å². The van der Waals surface area contributed by atoms with Crippen LogP contribution in [0.1, 0.15) is 38.0 Å². The number of amides is 1. The molecule has 0 saturated heterocycles. The average molecular weight is 266 g/mol. The summed E-state index contributed by atoms with van der Waals surface area (Å²) in [6.07, 6.45) is 3.21. The van der Waals surface area contributed by atoms with E-state index in [-0.39, 0.29) is 17.9 Å². The normalized spacial score (nSPS) is 18.4. The summed E-state index contributed by atoms with van der Waals surface area (Å²) in [5, 5.41) is 2.06. The van der Waals surface area contributed by atoms with Crippen molar-refractivity contribution in [2.24, 2.45) is 11.7 Å². The number of rotatable bonds is 6. The smallest absolute Gasteiger partial charge is 0.240 e. The Kier molecular flexibility index (Phi) is 4.40. The zero-order chi connectivity index (χ0) is 13.1. The van der Waals surface area contributed by atoms with E-state index in [2.05, 4.69) is 25.3 Å². The molecule has 1 unspecified atom stereocenters. The number of thiophene rings is 1. The molecule has 100 valence electrons. The molecule has 1 aromatic rings. The molecule has 4 heteroatoms. The zero-order valence-corrected chi connectivity index (χ0v) is 12.0. The largest absolute Gasteiger partial charge is 0.333 e. The van der Waals surface area contributed by atoms with Crippen LogP contribution >= 0.6 is 11.3 Å². The molecule has 0 radical (unpaired) electrons. The molecule has 1 fully saturated rings. The van der Waals surface area contributed by atoms with Crippen molar-refractivity contribution in [3.8, 4) is 0 Å². The molecule has 2 atom stereocenters. The van der Waals surface area contributed by atoms with E-state index in [0.717, 1.165) is 25.8 Å². The summed E-state index contributed by atoms with van der Waals surface area (Å²) >= 11 is 1.71. The number of nitrogens with zero attached hydrogens (tertiary/aromatic N) is 1. The van der Waals surface area contributed by atoms with Gasteiger partial charge in [0.2, 0.25) is 5.91 Å². The quantitative estimate of drug-likeness (QED) is 0.860. The Morgan fingerprint density at radius 2 is 2.33 bits per heavy atom. The fourth-order valence-corrected chi connectivity index (χ4v) is 2.74. The Bertz CT molecular complexity index is 387. The monoisotopic (exact) mass is 266 g/mol. The average Bonchev–Trinajstić information content (AvgIpc) is 3.10. The summed E-state index contributed by atoms with van der Waals surface area (Å²) in [6, 6.07) is 4.19. The summed E-state index contributed by atoms with van der Waals surface area (Å²) in [6.45, 7) is 4.86. The Hall–Kier alpha value is -0.870. The third kappa shape index (κ3) is 3.12. The molecule has 3 nitrogen and oxygen atoms in total. The fourth-order valence-electron chi connectivity index (χ4n) is 2.03. The van der Waals surface area contributed by atoms with Crippen LogP contribution in [0, 0.1) is 5.92 Å². The van der Waals surface area contributed by atoms with Crippen molar-refractivity contribution in [2.75, 3.05) is 0 Å². The molecule has 1 saturated carbocycles. The maximum Gasteiger partial charge on any atom is 0.240 e. The maximum atomic E-state index is 12.5. The van der Waals surface area contributed by atoms with E-state index in [1.54, 1.807) is 11.3 Å². The van der Waals surface area contributed by atoms with Crippen molar-refractivity contribution in [1.29, 1.82) is 0 Å². The minimum absolute atomic E-state index is 0.125. The molecular weight excluding hydrogens is 244 g/mol. The van der Waals surface area contributed by atoms with Crippen LogP contribution in [0.3, 0.4) is 0 Å². The molecule has 0 aromatic carbocycles. The van der Waals surface area contributed by atoms with Gasteiger partial charge in [0.25, 0.3) is 0 Å². The molecule has 1 heterocycles. The van der Waals surface area contributed by atoms with E-state index in [0.29, 0.717) is 6.04 Å². The third-order valence-electron chi connectivity index (χ3n) is 3.72. The lowest BCUT2D eigenvalue weighted by Gasteiger charge is -2.27. The lowest BCUT2D eigenvalue weighted by Crippen LogP contribution is -2.47. The summed E-state index contributed by atoms with van der Waals surface area (Å²) in [5.74, 6) is 0.377. The molecule has 2 rings (SSSR count). The summed E-state index contributed by atoms with van der Waals surface area (Å²) in [4.78, 5) is 15.7. The molecular formula is C14H22N2OS. The van der Waals surface area contributed by atoms with Gasteiger partial charge in [-0.3, -0.25) is 4.79 Å². The second-order valence-electron chi connectivity index (χ2n) is 5.19. The molecule has 0 bridgehead atoms. The highest BCUT2D eigenvalue weighted by atomic mass is 32.1. The Labute approximate surface area is 113 Å². The van der Waals surface area contributed by atoms with Gasteiger partial charge in [0.05, 0.1) is 12.6 Å². The molecule has 0 aliphatic heterocycles. The highest BCUT2D eigenvalue weighted by molar-refractivity contribution is 7.09. The van der Waals surface area contributed by atoms with Crippen LogP contribution < -0.4 is 5.73 Å². The third-order valence-corrected chi connectivity index (χ3v) is 4.58. The van der Waals surface area contributed by atoms with Crippen LogP contribution in [0.25, 0.3) is 0 Å². The Balaban J connectivity index is 2.03. The first kappa shape index (κ1) is 13.6. The van der Waals surface area contributed by atoms with Gasteiger partial charge in [-0.25, -0.2) is 0 Å². The number of carbonyl (C=O) groups excluding carboxylic acids is 1. The predicted molar refractivity (Wildman–Crippen MR) is 75.3 cm³/mol. The minimum atomic E-state index is -0.351. The van der Waals surface area contributed by atoms with Crippen LogP contribution in [-0.4, -0.2) is 22.9 Å². The summed E-state index contributed by atoms with van der Waals surface area (Å²) in [5.41, 5.74) is 6.08. The topological polar surface area (TPSA) is 46.3 Å². The van der Waals surface area contributed by atoms with Crippen molar-refractivity contribution in [2.45, 2.75) is 51.7 Å². The number of carbonyl (C=O) groups is 1. The van der Waals surface area contributed by atoms with E-state index in [9.17, 15) is 4.79 Å². The van der Waals surface area contributed by atoms with Crippen LogP contribution in [0.5, 0.6) is 0 Å². The summed E-state index contributed by atoms with van der Waals surface area (Å²) in [7, 11) is 0. The molecule has 2 N–H and O–H groups in total. The van der Waals surface area contributed by atoms with Gasteiger partial charge in [-0.1, -0.05) is 26.3 Å². The second-order valence-corrected chi connectivity index (χ2v) is 6.22. The van der Waals surface area contributed by atoms with E-state index in [4.69, 9.17) is 5.73 Å². The first-order chi connectivity index (χ1) is 8.63. The minimum Gasteiger partial charge on any atom is -0.333 e. The molecule has 1 aliphatic rings. The van der Waals surface area contributed by atoms with Crippen molar-refractivity contribution in [3.05, 3.63) is 22.4 Å². The SMILES string of the molecule is CCC(C)[C@H](N)C(=O)N(Cc1cccs1)C1CC1. The van der Waals surface area contributed by atoms with Crippen LogP contribution in [0.4, 0.5) is 0 Å². The van der Waals surface area contributed by atoms with Gasteiger partial charge in [-0.15, -0.1) is 11.3 Å². The van der Waals surface area contributed by atoms with Gasteiger partial charge in [-0.2, -0.15) is 0 Å². The molecule has 18 heavy (non-hydrogen) atoms. The van der Waals surface area contributed by atoms with Crippen LogP contribution in [0.15, 0.2) is 17.5 Å². The number of hydrogen-bond acceptors (Lipinski definition) is 3. The van der Waals surface area contributed by atoms with Gasteiger partial charge in [-0.05, 0) is 30.2 Å². The lowest BCUT2D eigenvalue weighted by molar-refractivity contribution is -0.134. The van der Waals surface area contributed by atoms with E-state index in [1.807, 2.05) is 11.0 Å². The molecule has 0 spiro atoms. The van der Waals surface area contributed by atoms with Crippen molar-refractivity contribution >= 4 is 17.2 Å². The van der Waals surface area contributed by atoms with Gasteiger partial charge in [0.1, 0.15) is 0 Å². The predicted octanol–water partition coefficient (Wildman–Crippen LogP) is 2.61. The molecule has 1 aliphatic carbocycles. The second kappa shape index (κ2) is 5.85. The number of hydrogen-bond donors (Lipinski definition) is 1. The van der Waals surface area contributed by atoms with Crippen molar-refractivity contribution in [3.63, 3.8) is 0 Å². The number of nitrogens with two attached hydrogens (primary N) is 1. The van der Waals surface area contributed by atoms with Crippen LogP contribution in [0.2, 0.25) is 0 Å². The Morgan fingerprint density at radius 3 is 2.83 bits per heavy atom. The molecule has 1 amide bonds. The van der Waals surface area contributed by atoms with E-state index in [1.165, 1.54) is 4.88 Å². The van der Waals surface area contributed by atoms with E-state index < -0.39 is 0 Å². The zero-order valence-electron chi connectivity index (χ0n) is 11.1. The first-order valence-corrected chi connectivity index (χ1v) is 7.60. The highest BCUT2D eigenvalue weighted by Crippen LogP contribution is 2.30. The Morgan fingerprint density at radius 1 is 1.61 bits per heavy atom. The van der Waals surface area contributed by atoms with Gasteiger partial charge >= 0.3 is 0 Å². The lowest BCUT2D eigenvalue weighted by atomic mass is 9.99.